The van der Waals surface area contributed by atoms with Gasteiger partial charge in [0.25, 0.3) is 0 Å². The number of hydrogen-bond donors (Lipinski definition) is 0. The number of carbonyl (C=O) groups excluding carboxylic acids is 1. The minimum Gasteiger partial charge on any atom is -0.294 e. The summed E-state index contributed by atoms with van der Waals surface area (Å²) in [5.41, 5.74) is 2.89. The monoisotopic (exact) mass is 306 g/mol. The van der Waals surface area contributed by atoms with Crippen molar-refractivity contribution < 1.29 is 9.18 Å². The van der Waals surface area contributed by atoms with E-state index in [-0.39, 0.29) is 18.1 Å². The molecule has 3 nitrogen and oxygen atoms in total. The van der Waals surface area contributed by atoms with Crippen molar-refractivity contribution in [1.29, 1.82) is 0 Å². The van der Waals surface area contributed by atoms with Crippen LogP contribution in [0.2, 0.25) is 5.02 Å². The number of hydrogen-bond acceptors (Lipinski definition) is 2. The third-order valence-corrected chi connectivity index (χ3v) is 4.28. The first kappa shape index (κ1) is 14.3. The van der Waals surface area contributed by atoms with Crippen LogP contribution in [0.25, 0.3) is 0 Å². The first-order chi connectivity index (χ1) is 10.1. The summed E-state index contributed by atoms with van der Waals surface area (Å²) in [6, 6.07) is 4.64. The number of fused-ring (bicyclic) bond motifs is 1. The maximum Gasteiger partial charge on any atom is 0.166 e. The van der Waals surface area contributed by atoms with Gasteiger partial charge in [0, 0.05) is 22.7 Å². The Hall–Kier alpha value is -1.68. The topological polar surface area (TPSA) is 34.9 Å². The summed E-state index contributed by atoms with van der Waals surface area (Å²) in [5, 5.41) is 4.90. The van der Waals surface area contributed by atoms with Gasteiger partial charge < -0.3 is 0 Å². The fourth-order valence-corrected chi connectivity index (χ4v) is 3.10. The third-order valence-electron chi connectivity index (χ3n) is 3.93. The molecular weight excluding hydrogens is 291 g/mol. The van der Waals surface area contributed by atoms with Crippen LogP contribution in [0.3, 0.4) is 0 Å². The first-order valence-electron chi connectivity index (χ1n) is 7.16. The summed E-state index contributed by atoms with van der Waals surface area (Å²) >= 11 is 6.08. The van der Waals surface area contributed by atoms with Gasteiger partial charge in [-0.2, -0.15) is 5.10 Å². The number of nitrogens with zero attached hydrogens (tertiary/aromatic N) is 2. The highest BCUT2D eigenvalue weighted by molar-refractivity contribution is 6.31. The van der Waals surface area contributed by atoms with Crippen molar-refractivity contribution in [3.63, 3.8) is 0 Å². The van der Waals surface area contributed by atoms with Crippen molar-refractivity contribution in [3.8, 4) is 0 Å². The predicted molar refractivity (Wildman–Crippen MR) is 79.4 cm³/mol. The molecular formula is C16H16ClFN2O. The van der Waals surface area contributed by atoms with Crippen LogP contribution in [-0.4, -0.2) is 15.6 Å². The zero-order valence-corrected chi connectivity index (χ0v) is 12.6. The Balaban J connectivity index is 2.06. The number of Topliss-reactive ketones (excluding diaryl/α,β-unsaturated/α-hetero) is 1. The van der Waals surface area contributed by atoms with E-state index < -0.39 is 0 Å². The first-order valence-corrected chi connectivity index (χ1v) is 7.54. The predicted octanol–water partition coefficient (Wildman–Crippen LogP) is 3.81. The molecule has 0 bridgehead atoms. The smallest absolute Gasteiger partial charge is 0.166 e. The van der Waals surface area contributed by atoms with Gasteiger partial charge in [-0.3, -0.25) is 9.48 Å². The standard InChI is InChI=1S/C16H16ClFN2O/c1-2-13-16-14(7-4-8-15(16)21)20(19-13)9-10-11(17)5-3-6-12(10)18/h3,5-6H,2,4,7-9H2,1H3. The number of carbonyl (C=O) groups is 1. The lowest BCUT2D eigenvalue weighted by atomic mass is 9.94. The van der Waals surface area contributed by atoms with Gasteiger partial charge in [-0.25, -0.2) is 4.39 Å². The Morgan fingerprint density at radius 2 is 2.19 bits per heavy atom. The highest BCUT2D eigenvalue weighted by atomic mass is 35.5. The number of benzene rings is 1. The second kappa shape index (κ2) is 5.60. The molecule has 0 saturated heterocycles. The summed E-state index contributed by atoms with van der Waals surface area (Å²) < 4.78 is 15.7. The number of halogens is 2. The summed E-state index contributed by atoms with van der Waals surface area (Å²) in [5.74, 6) is -0.189. The van der Waals surface area contributed by atoms with Crippen molar-refractivity contribution in [2.75, 3.05) is 0 Å². The molecule has 0 aliphatic heterocycles. The van der Waals surface area contributed by atoms with E-state index in [1.165, 1.54) is 6.07 Å². The Morgan fingerprint density at radius 1 is 1.38 bits per heavy atom. The molecule has 0 spiro atoms. The maximum atomic E-state index is 13.9. The second-order valence-electron chi connectivity index (χ2n) is 5.26. The molecule has 21 heavy (non-hydrogen) atoms. The van der Waals surface area contributed by atoms with E-state index in [2.05, 4.69) is 5.10 Å². The van der Waals surface area contributed by atoms with Crippen molar-refractivity contribution in [3.05, 3.63) is 51.6 Å². The van der Waals surface area contributed by atoms with Crippen LogP contribution in [0, 0.1) is 5.82 Å². The Bertz CT molecular complexity index is 688. The van der Waals surface area contributed by atoms with Crippen molar-refractivity contribution >= 4 is 17.4 Å². The van der Waals surface area contributed by atoms with Gasteiger partial charge in [-0.15, -0.1) is 0 Å². The van der Waals surface area contributed by atoms with Crippen molar-refractivity contribution in [2.45, 2.75) is 39.2 Å². The number of rotatable bonds is 3. The molecule has 0 unspecified atom stereocenters. The maximum absolute atomic E-state index is 13.9. The van der Waals surface area contributed by atoms with Gasteiger partial charge in [0.1, 0.15) is 5.82 Å². The van der Waals surface area contributed by atoms with E-state index in [0.29, 0.717) is 23.4 Å². The zero-order chi connectivity index (χ0) is 15.0. The lowest BCUT2D eigenvalue weighted by Crippen LogP contribution is -2.15. The lowest BCUT2D eigenvalue weighted by molar-refractivity contribution is 0.0971. The summed E-state index contributed by atoms with van der Waals surface area (Å²) in [6.45, 7) is 2.24. The quantitative estimate of drug-likeness (QED) is 0.864. The van der Waals surface area contributed by atoms with Crippen LogP contribution in [-0.2, 0) is 19.4 Å². The molecule has 0 saturated carbocycles. The van der Waals surface area contributed by atoms with Crippen LogP contribution in [0.5, 0.6) is 0 Å². The lowest BCUT2D eigenvalue weighted by Gasteiger charge is -2.14. The van der Waals surface area contributed by atoms with Crippen LogP contribution < -0.4 is 0 Å². The summed E-state index contributed by atoms with van der Waals surface area (Å²) in [7, 11) is 0. The molecule has 0 amide bonds. The zero-order valence-electron chi connectivity index (χ0n) is 11.8. The highest BCUT2D eigenvalue weighted by Gasteiger charge is 2.26. The molecule has 1 aromatic heterocycles. The van der Waals surface area contributed by atoms with Gasteiger partial charge in [-0.05, 0) is 31.4 Å². The SMILES string of the molecule is CCc1nn(Cc2c(F)cccc2Cl)c2c1C(=O)CCC2. The summed E-state index contributed by atoms with van der Waals surface area (Å²) in [4.78, 5) is 12.1. The molecule has 0 radical (unpaired) electrons. The molecule has 1 heterocycles. The van der Waals surface area contributed by atoms with Crippen molar-refractivity contribution in [1.82, 2.24) is 9.78 Å². The number of ketones is 1. The molecule has 5 heteroatoms. The minimum absolute atomic E-state index is 0.152. The fraction of sp³-hybridized carbons (Fsp3) is 0.375. The van der Waals surface area contributed by atoms with Crippen LogP contribution >= 0.6 is 11.6 Å². The second-order valence-corrected chi connectivity index (χ2v) is 5.66. The molecule has 0 fully saturated rings. The minimum atomic E-state index is -0.341. The van der Waals surface area contributed by atoms with Crippen LogP contribution in [0.15, 0.2) is 18.2 Å². The molecule has 110 valence electrons. The van der Waals surface area contributed by atoms with E-state index in [0.717, 1.165) is 29.8 Å². The molecule has 0 atom stereocenters. The average Bonchev–Trinajstić information content (AvgIpc) is 2.82. The van der Waals surface area contributed by atoms with E-state index in [9.17, 15) is 9.18 Å². The van der Waals surface area contributed by atoms with Gasteiger partial charge in [0.2, 0.25) is 0 Å². The number of aromatic nitrogens is 2. The van der Waals surface area contributed by atoms with E-state index >= 15 is 0 Å². The Labute approximate surface area is 127 Å². The molecule has 0 N–H and O–H groups in total. The van der Waals surface area contributed by atoms with E-state index in [4.69, 9.17) is 11.6 Å². The van der Waals surface area contributed by atoms with Gasteiger partial charge in [0.15, 0.2) is 5.78 Å². The summed E-state index contributed by atoms with van der Waals surface area (Å²) in [6.07, 6.45) is 2.91. The highest BCUT2D eigenvalue weighted by Crippen LogP contribution is 2.27. The molecule has 1 aliphatic carbocycles. The largest absolute Gasteiger partial charge is 0.294 e. The van der Waals surface area contributed by atoms with Crippen LogP contribution in [0.1, 0.15) is 47.1 Å². The third kappa shape index (κ3) is 2.48. The molecule has 1 aromatic carbocycles. The molecule has 1 aliphatic rings. The van der Waals surface area contributed by atoms with E-state index in [1.54, 1.807) is 16.8 Å². The number of aryl methyl sites for hydroxylation is 1. The average molecular weight is 307 g/mol. The van der Waals surface area contributed by atoms with Crippen LogP contribution in [0.4, 0.5) is 4.39 Å². The fourth-order valence-electron chi connectivity index (χ4n) is 2.88. The van der Waals surface area contributed by atoms with Gasteiger partial charge in [-0.1, -0.05) is 24.6 Å². The van der Waals surface area contributed by atoms with E-state index in [1.807, 2.05) is 6.92 Å². The normalized spacial score (nSPS) is 14.3. The molecule has 3 rings (SSSR count). The molecule has 2 aromatic rings. The Morgan fingerprint density at radius 3 is 2.90 bits per heavy atom. The van der Waals surface area contributed by atoms with Crippen molar-refractivity contribution in [2.24, 2.45) is 0 Å². The Kier molecular flexibility index (Phi) is 3.81. The van der Waals surface area contributed by atoms with Gasteiger partial charge >= 0.3 is 0 Å². The van der Waals surface area contributed by atoms with Gasteiger partial charge in [0.05, 0.1) is 17.8 Å².